The normalized spacial score (nSPS) is 13.9. The monoisotopic (exact) mass is 558 g/mol. The first-order valence-corrected chi connectivity index (χ1v) is 11.2. The fourth-order valence-electron chi connectivity index (χ4n) is 3.23. The van der Waals surface area contributed by atoms with Crippen molar-refractivity contribution >= 4 is 59.2 Å². The van der Waals surface area contributed by atoms with E-state index in [-0.39, 0.29) is 29.9 Å². The molecule has 1 heterocycles. The van der Waals surface area contributed by atoms with E-state index in [0.717, 1.165) is 36.2 Å². The lowest BCUT2D eigenvalue weighted by Crippen LogP contribution is -2.38. The van der Waals surface area contributed by atoms with Crippen molar-refractivity contribution in [2.24, 2.45) is 4.99 Å². The summed E-state index contributed by atoms with van der Waals surface area (Å²) in [5.41, 5.74) is 2.37. The Bertz CT molecular complexity index is 847. The van der Waals surface area contributed by atoms with Gasteiger partial charge >= 0.3 is 0 Å². The molecule has 5 nitrogen and oxygen atoms in total. The van der Waals surface area contributed by atoms with Gasteiger partial charge in [-0.1, -0.05) is 35.9 Å². The SMILES string of the molecule is CN=C(NCCSc1ccc(Cl)cc1)NCc1ccccc1CN1CCCC1=O.I. The van der Waals surface area contributed by atoms with E-state index >= 15 is 0 Å². The summed E-state index contributed by atoms with van der Waals surface area (Å²) in [6.45, 7) is 3.01. The summed E-state index contributed by atoms with van der Waals surface area (Å²) in [4.78, 5) is 19.4. The molecule has 0 spiro atoms. The Balaban J connectivity index is 0.00000320. The number of thioether (sulfide) groups is 1. The number of aliphatic imine (C=N–C) groups is 1. The molecule has 0 bridgehead atoms. The Morgan fingerprint density at radius 1 is 1.13 bits per heavy atom. The van der Waals surface area contributed by atoms with Crippen LogP contribution in [0.5, 0.6) is 0 Å². The smallest absolute Gasteiger partial charge is 0.222 e. The van der Waals surface area contributed by atoms with Gasteiger partial charge in [-0.05, 0) is 41.8 Å². The van der Waals surface area contributed by atoms with E-state index in [2.05, 4.69) is 27.8 Å². The number of guanidine groups is 1. The Morgan fingerprint density at radius 3 is 2.53 bits per heavy atom. The second kappa shape index (κ2) is 13.1. The Labute approximate surface area is 205 Å². The number of hydrogen-bond acceptors (Lipinski definition) is 3. The van der Waals surface area contributed by atoms with Crippen LogP contribution in [-0.2, 0) is 17.9 Å². The van der Waals surface area contributed by atoms with Gasteiger partial charge in [-0.15, -0.1) is 35.7 Å². The summed E-state index contributed by atoms with van der Waals surface area (Å²) in [5.74, 6) is 1.95. The molecule has 0 aromatic heterocycles. The Kier molecular flexibility index (Phi) is 10.8. The minimum Gasteiger partial charge on any atom is -0.356 e. The maximum absolute atomic E-state index is 11.9. The van der Waals surface area contributed by atoms with E-state index in [9.17, 15) is 4.79 Å². The average molecular weight is 559 g/mol. The Hall–Kier alpha value is -1.45. The van der Waals surface area contributed by atoms with Crippen LogP contribution in [0.25, 0.3) is 0 Å². The average Bonchev–Trinajstić information content (AvgIpc) is 3.14. The lowest BCUT2D eigenvalue weighted by molar-refractivity contribution is -0.128. The molecule has 1 fully saturated rings. The maximum Gasteiger partial charge on any atom is 0.222 e. The highest BCUT2D eigenvalue weighted by molar-refractivity contribution is 14.0. The molecule has 0 radical (unpaired) electrons. The molecule has 0 saturated carbocycles. The quantitative estimate of drug-likeness (QED) is 0.164. The summed E-state index contributed by atoms with van der Waals surface area (Å²) < 4.78 is 0. The van der Waals surface area contributed by atoms with Crippen LogP contribution >= 0.6 is 47.3 Å². The molecule has 1 aliphatic rings. The summed E-state index contributed by atoms with van der Waals surface area (Å²) in [5, 5.41) is 7.48. The topological polar surface area (TPSA) is 56.7 Å². The highest BCUT2D eigenvalue weighted by atomic mass is 127. The predicted molar refractivity (Wildman–Crippen MR) is 137 cm³/mol. The molecule has 162 valence electrons. The van der Waals surface area contributed by atoms with E-state index in [1.165, 1.54) is 16.0 Å². The number of rotatable bonds is 8. The van der Waals surface area contributed by atoms with Crippen molar-refractivity contribution in [3.05, 3.63) is 64.7 Å². The molecular weight excluding hydrogens is 531 g/mol. The third kappa shape index (κ3) is 7.67. The largest absolute Gasteiger partial charge is 0.356 e. The first kappa shape index (κ1) is 24.8. The molecular formula is C22H28ClIN4OS. The summed E-state index contributed by atoms with van der Waals surface area (Å²) in [6, 6.07) is 16.1. The van der Waals surface area contributed by atoms with Crippen LogP contribution in [-0.4, -0.2) is 42.7 Å². The molecule has 1 saturated heterocycles. The predicted octanol–water partition coefficient (Wildman–Crippen LogP) is 4.54. The molecule has 2 aromatic rings. The van der Waals surface area contributed by atoms with Gasteiger partial charge in [0.05, 0.1) is 0 Å². The van der Waals surface area contributed by atoms with E-state index in [1.807, 2.05) is 41.3 Å². The number of halogens is 2. The van der Waals surface area contributed by atoms with Gasteiger partial charge in [0.25, 0.3) is 0 Å². The number of hydrogen-bond donors (Lipinski definition) is 2. The van der Waals surface area contributed by atoms with Gasteiger partial charge in [0, 0.05) is 55.3 Å². The molecule has 30 heavy (non-hydrogen) atoms. The number of carbonyl (C=O) groups excluding carboxylic acids is 1. The van der Waals surface area contributed by atoms with Crippen molar-refractivity contribution in [2.75, 3.05) is 25.9 Å². The molecule has 2 N–H and O–H groups in total. The Morgan fingerprint density at radius 2 is 1.87 bits per heavy atom. The van der Waals surface area contributed by atoms with Gasteiger partial charge in [0.15, 0.2) is 5.96 Å². The number of nitrogens with zero attached hydrogens (tertiary/aromatic N) is 2. The van der Waals surface area contributed by atoms with Crippen molar-refractivity contribution in [1.82, 2.24) is 15.5 Å². The highest BCUT2D eigenvalue weighted by Crippen LogP contribution is 2.20. The van der Waals surface area contributed by atoms with Gasteiger partial charge in [-0.25, -0.2) is 0 Å². The van der Waals surface area contributed by atoms with Gasteiger partial charge in [-0.2, -0.15) is 0 Å². The number of benzene rings is 2. The number of amides is 1. The first-order valence-electron chi connectivity index (χ1n) is 9.83. The second-order valence-electron chi connectivity index (χ2n) is 6.84. The van der Waals surface area contributed by atoms with Crippen LogP contribution in [0.2, 0.25) is 5.02 Å². The fourth-order valence-corrected chi connectivity index (χ4v) is 4.12. The lowest BCUT2D eigenvalue weighted by atomic mass is 10.1. The zero-order chi connectivity index (χ0) is 20.5. The minimum absolute atomic E-state index is 0. The van der Waals surface area contributed by atoms with Gasteiger partial charge in [0.1, 0.15) is 0 Å². The molecule has 2 aromatic carbocycles. The van der Waals surface area contributed by atoms with Crippen molar-refractivity contribution < 1.29 is 4.79 Å². The first-order chi connectivity index (χ1) is 14.2. The van der Waals surface area contributed by atoms with Crippen LogP contribution in [0.15, 0.2) is 58.4 Å². The van der Waals surface area contributed by atoms with Gasteiger partial charge < -0.3 is 15.5 Å². The number of nitrogens with one attached hydrogen (secondary N) is 2. The standard InChI is InChI=1S/C22H27ClN4OS.HI/c1-24-22(25-12-14-29-20-10-8-19(23)9-11-20)26-15-17-5-2-3-6-18(17)16-27-13-4-7-21(27)28;/h2-3,5-6,8-11H,4,7,12-16H2,1H3,(H2,24,25,26);1H. The van der Waals surface area contributed by atoms with Gasteiger partial charge in [-0.3, -0.25) is 9.79 Å². The van der Waals surface area contributed by atoms with E-state index in [1.54, 1.807) is 18.8 Å². The molecule has 1 aliphatic heterocycles. The number of likely N-dealkylation sites (tertiary alicyclic amines) is 1. The lowest BCUT2D eigenvalue weighted by Gasteiger charge is -2.19. The fraction of sp³-hybridized carbons (Fsp3) is 0.364. The van der Waals surface area contributed by atoms with Crippen molar-refractivity contribution in [2.45, 2.75) is 30.8 Å². The third-order valence-electron chi connectivity index (χ3n) is 4.80. The molecule has 0 aliphatic carbocycles. The molecule has 3 rings (SSSR count). The molecule has 8 heteroatoms. The van der Waals surface area contributed by atoms with E-state index < -0.39 is 0 Å². The van der Waals surface area contributed by atoms with Gasteiger partial charge in [0.2, 0.25) is 5.91 Å². The summed E-state index contributed by atoms with van der Waals surface area (Å²) in [6.07, 6.45) is 1.63. The van der Waals surface area contributed by atoms with Crippen molar-refractivity contribution in [1.29, 1.82) is 0 Å². The zero-order valence-electron chi connectivity index (χ0n) is 17.1. The van der Waals surface area contributed by atoms with E-state index in [4.69, 9.17) is 11.6 Å². The van der Waals surface area contributed by atoms with Crippen LogP contribution in [0.4, 0.5) is 0 Å². The van der Waals surface area contributed by atoms with E-state index in [0.29, 0.717) is 19.5 Å². The van der Waals surface area contributed by atoms with Crippen LogP contribution in [0.1, 0.15) is 24.0 Å². The van der Waals surface area contributed by atoms with Crippen LogP contribution in [0.3, 0.4) is 0 Å². The second-order valence-corrected chi connectivity index (χ2v) is 8.45. The van der Waals surface area contributed by atoms with Crippen molar-refractivity contribution in [3.8, 4) is 0 Å². The summed E-state index contributed by atoms with van der Waals surface area (Å²) in [7, 11) is 1.77. The highest BCUT2D eigenvalue weighted by Gasteiger charge is 2.20. The van der Waals surface area contributed by atoms with Crippen LogP contribution in [0, 0.1) is 0 Å². The summed E-state index contributed by atoms with van der Waals surface area (Å²) >= 11 is 7.69. The molecule has 0 atom stereocenters. The molecule has 1 amide bonds. The number of carbonyl (C=O) groups is 1. The maximum atomic E-state index is 11.9. The molecule has 0 unspecified atom stereocenters. The van der Waals surface area contributed by atoms with Crippen LogP contribution < -0.4 is 10.6 Å². The zero-order valence-corrected chi connectivity index (χ0v) is 21.0. The minimum atomic E-state index is 0. The van der Waals surface area contributed by atoms with Crippen molar-refractivity contribution in [3.63, 3.8) is 0 Å². The third-order valence-corrected chi connectivity index (χ3v) is 6.06.